The summed E-state index contributed by atoms with van der Waals surface area (Å²) in [7, 11) is 3.27. The van der Waals surface area contributed by atoms with Crippen LogP contribution in [0.1, 0.15) is 71.1 Å². The zero-order chi connectivity index (χ0) is 19.1. The van der Waals surface area contributed by atoms with Crippen molar-refractivity contribution in [3.05, 3.63) is 0 Å². The second-order valence-corrected chi connectivity index (χ2v) is 7.25. The number of unbranched alkanes of at least 4 members (excludes halogenated alkanes) is 3. The van der Waals surface area contributed by atoms with Gasteiger partial charge in [0.25, 0.3) is 0 Å². The van der Waals surface area contributed by atoms with E-state index in [2.05, 4.69) is 27.3 Å². The Morgan fingerprint density at radius 2 is 1.85 bits per heavy atom. The van der Waals surface area contributed by atoms with Crippen LogP contribution in [0.3, 0.4) is 0 Å². The zero-order valence-electron chi connectivity index (χ0n) is 17.1. The van der Waals surface area contributed by atoms with Crippen molar-refractivity contribution in [2.45, 2.75) is 71.1 Å². The largest absolute Gasteiger partial charge is 0.469 e. The molecule has 0 amide bonds. The number of aliphatic imine (C=N–C) groups is 1. The molecule has 6 nitrogen and oxygen atoms in total. The maximum Gasteiger partial charge on any atom is 0.305 e. The first-order valence-electron chi connectivity index (χ1n) is 10.2. The van der Waals surface area contributed by atoms with Crippen molar-refractivity contribution in [3.8, 4) is 0 Å². The summed E-state index contributed by atoms with van der Waals surface area (Å²) in [5.41, 5.74) is 0.362. The molecule has 1 saturated carbocycles. The minimum atomic E-state index is -0.113. The minimum Gasteiger partial charge on any atom is -0.469 e. The Labute approximate surface area is 159 Å². The van der Waals surface area contributed by atoms with Crippen LogP contribution >= 0.6 is 0 Å². The standard InChI is InChI=1S/C20H39N3O3/c1-4-26-16-14-20(12-8-9-13-20)17-23-19(21-2)22-15-10-6-5-7-11-18(24)25-3/h4-17H2,1-3H3,(H2,21,22,23). The van der Waals surface area contributed by atoms with Crippen LogP contribution in [0.4, 0.5) is 0 Å². The normalized spacial score (nSPS) is 16.5. The Hall–Kier alpha value is -1.30. The summed E-state index contributed by atoms with van der Waals surface area (Å²) >= 11 is 0. The smallest absolute Gasteiger partial charge is 0.305 e. The molecule has 1 aliphatic rings. The highest BCUT2D eigenvalue weighted by molar-refractivity contribution is 5.79. The first kappa shape index (κ1) is 22.7. The summed E-state index contributed by atoms with van der Waals surface area (Å²) in [4.78, 5) is 15.4. The van der Waals surface area contributed by atoms with Gasteiger partial charge in [0.1, 0.15) is 0 Å². The highest BCUT2D eigenvalue weighted by Gasteiger charge is 2.33. The molecule has 0 aliphatic heterocycles. The van der Waals surface area contributed by atoms with Gasteiger partial charge in [-0.05, 0) is 44.4 Å². The molecule has 0 saturated heterocycles. The summed E-state index contributed by atoms with van der Waals surface area (Å²) in [6, 6.07) is 0. The van der Waals surface area contributed by atoms with E-state index < -0.39 is 0 Å². The first-order chi connectivity index (χ1) is 12.7. The molecule has 0 radical (unpaired) electrons. The molecule has 1 aliphatic carbocycles. The molecule has 0 aromatic rings. The molecule has 2 N–H and O–H groups in total. The maximum atomic E-state index is 11.1. The molecular formula is C20H39N3O3. The summed E-state index contributed by atoms with van der Waals surface area (Å²) in [6.45, 7) is 5.59. The van der Waals surface area contributed by atoms with Crippen LogP contribution in [0, 0.1) is 5.41 Å². The topological polar surface area (TPSA) is 72.0 Å². The van der Waals surface area contributed by atoms with Crippen LogP contribution in [0.15, 0.2) is 4.99 Å². The van der Waals surface area contributed by atoms with Crippen molar-refractivity contribution >= 4 is 11.9 Å². The molecule has 0 spiro atoms. The highest BCUT2D eigenvalue weighted by atomic mass is 16.5. The molecule has 0 bridgehead atoms. The van der Waals surface area contributed by atoms with Crippen LogP contribution in [-0.2, 0) is 14.3 Å². The second-order valence-electron chi connectivity index (χ2n) is 7.25. The van der Waals surface area contributed by atoms with Crippen molar-refractivity contribution in [1.29, 1.82) is 0 Å². The highest BCUT2D eigenvalue weighted by Crippen LogP contribution is 2.40. The fourth-order valence-corrected chi connectivity index (χ4v) is 3.62. The zero-order valence-corrected chi connectivity index (χ0v) is 17.1. The Balaban J connectivity index is 2.18. The van der Waals surface area contributed by atoms with Crippen LogP contribution in [0.25, 0.3) is 0 Å². The van der Waals surface area contributed by atoms with Crippen molar-refractivity contribution in [2.24, 2.45) is 10.4 Å². The van der Waals surface area contributed by atoms with Crippen LogP contribution in [-0.4, -0.2) is 52.4 Å². The van der Waals surface area contributed by atoms with Gasteiger partial charge in [-0.3, -0.25) is 9.79 Å². The Kier molecular flexibility index (Phi) is 12.1. The quantitative estimate of drug-likeness (QED) is 0.226. The average Bonchev–Trinajstić information content (AvgIpc) is 3.12. The van der Waals surface area contributed by atoms with Crippen molar-refractivity contribution in [2.75, 3.05) is 40.5 Å². The van der Waals surface area contributed by atoms with Gasteiger partial charge in [-0.1, -0.05) is 25.7 Å². The molecule has 0 unspecified atom stereocenters. The number of ether oxygens (including phenoxy) is 2. The van der Waals surface area contributed by atoms with Gasteiger partial charge < -0.3 is 20.1 Å². The van der Waals surface area contributed by atoms with Crippen molar-refractivity contribution in [3.63, 3.8) is 0 Å². The molecule has 26 heavy (non-hydrogen) atoms. The number of guanidine groups is 1. The van der Waals surface area contributed by atoms with E-state index >= 15 is 0 Å². The third kappa shape index (κ3) is 9.41. The Bertz CT molecular complexity index is 407. The number of hydrogen-bond donors (Lipinski definition) is 2. The third-order valence-electron chi connectivity index (χ3n) is 5.33. The molecule has 0 heterocycles. The third-order valence-corrected chi connectivity index (χ3v) is 5.33. The van der Waals surface area contributed by atoms with E-state index in [1.54, 1.807) is 0 Å². The van der Waals surface area contributed by atoms with E-state index in [9.17, 15) is 4.79 Å². The molecule has 6 heteroatoms. The van der Waals surface area contributed by atoms with Gasteiger partial charge in [-0.25, -0.2) is 0 Å². The molecular weight excluding hydrogens is 330 g/mol. The molecule has 0 aromatic heterocycles. The SMILES string of the molecule is CCOCCC1(CNC(=NC)NCCCCCCC(=O)OC)CCCC1. The number of nitrogens with one attached hydrogen (secondary N) is 2. The van der Waals surface area contributed by atoms with E-state index in [1.165, 1.54) is 32.8 Å². The summed E-state index contributed by atoms with van der Waals surface area (Å²) < 4.78 is 10.2. The van der Waals surface area contributed by atoms with Gasteiger partial charge in [0.05, 0.1) is 7.11 Å². The lowest BCUT2D eigenvalue weighted by atomic mass is 9.83. The van der Waals surface area contributed by atoms with Gasteiger partial charge in [-0.15, -0.1) is 0 Å². The lowest BCUT2D eigenvalue weighted by Crippen LogP contribution is -2.43. The van der Waals surface area contributed by atoms with Crippen molar-refractivity contribution in [1.82, 2.24) is 10.6 Å². The molecule has 0 aromatic carbocycles. The van der Waals surface area contributed by atoms with Crippen LogP contribution in [0.5, 0.6) is 0 Å². The summed E-state index contributed by atoms with van der Waals surface area (Å²) in [6.07, 6.45) is 11.0. The average molecular weight is 370 g/mol. The van der Waals surface area contributed by atoms with Gasteiger partial charge >= 0.3 is 5.97 Å². The minimum absolute atomic E-state index is 0.113. The van der Waals surface area contributed by atoms with E-state index in [1.807, 2.05) is 7.05 Å². The Morgan fingerprint density at radius 1 is 1.12 bits per heavy atom. The van der Waals surface area contributed by atoms with E-state index in [-0.39, 0.29) is 5.97 Å². The number of methoxy groups -OCH3 is 1. The van der Waals surface area contributed by atoms with Crippen LogP contribution < -0.4 is 10.6 Å². The number of hydrogen-bond acceptors (Lipinski definition) is 4. The number of rotatable bonds is 13. The van der Waals surface area contributed by atoms with E-state index in [0.29, 0.717) is 11.8 Å². The number of carbonyl (C=O) groups is 1. The van der Waals surface area contributed by atoms with Gasteiger partial charge in [0.15, 0.2) is 5.96 Å². The monoisotopic (exact) mass is 369 g/mol. The molecule has 1 rings (SSSR count). The second kappa shape index (κ2) is 13.8. The fourth-order valence-electron chi connectivity index (χ4n) is 3.62. The first-order valence-corrected chi connectivity index (χ1v) is 10.2. The predicted octanol–water partition coefficient (Wildman–Crippen LogP) is 3.26. The Morgan fingerprint density at radius 3 is 2.50 bits per heavy atom. The van der Waals surface area contributed by atoms with Gasteiger partial charge in [0.2, 0.25) is 0 Å². The summed E-state index contributed by atoms with van der Waals surface area (Å²) in [5, 5.41) is 6.93. The summed E-state index contributed by atoms with van der Waals surface area (Å²) in [5.74, 6) is 0.778. The fraction of sp³-hybridized carbons (Fsp3) is 0.900. The van der Waals surface area contributed by atoms with Gasteiger partial charge in [-0.2, -0.15) is 0 Å². The van der Waals surface area contributed by atoms with Crippen molar-refractivity contribution < 1.29 is 14.3 Å². The lowest BCUT2D eigenvalue weighted by molar-refractivity contribution is -0.140. The number of esters is 1. The van der Waals surface area contributed by atoms with E-state index in [0.717, 1.165) is 64.4 Å². The van der Waals surface area contributed by atoms with E-state index in [4.69, 9.17) is 4.74 Å². The van der Waals surface area contributed by atoms with Gasteiger partial charge in [0, 0.05) is 39.8 Å². The number of nitrogens with zero attached hydrogens (tertiary/aromatic N) is 1. The molecule has 0 atom stereocenters. The predicted molar refractivity (Wildman–Crippen MR) is 106 cm³/mol. The maximum absolute atomic E-state index is 11.1. The number of carbonyl (C=O) groups excluding carboxylic acids is 1. The lowest BCUT2D eigenvalue weighted by Gasteiger charge is -2.30. The van der Waals surface area contributed by atoms with Crippen LogP contribution in [0.2, 0.25) is 0 Å². The molecule has 1 fully saturated rings. The molecule has 152 valence electrons.